The molecule has 0 aromatic rings. The standard InChI is InChI=1S/C52H94O6/c1-4-7-10-13-16-19-21-23-24-25-26-27-28-29-31-33-36-39-42-45-51(54)57-48-49(47-56-50(53)44-41-38-35-32-18-15-12-9-6-3)58-52(55)46-43-40-37-34-30-22-20-17-14-11-8-5-2/h16-17,19-21,23,49H,4-15,18,22,24-48H2,1-3H3/b19-16-,20-17-,23-21-. The fraction of sp³-hybridized carbons (Fsp3) is 0.827. The van der Waals surface area contributed by atoms with Crippen LogP contribution in [0.3, 0.4) is 0 Å². The van der Waals surface area contributed by atoms with Gasteiger partial charge in [0.1, 0.15) is 13.2 Å². The topological polar surface area (TPSA) is 78.9 Å². The zero-order valence-electron chi connectivity index (χ0n) is 38.6. The molecule has 0 bridgehead atoms. The molecule has 0 aromatic heterocycles. The molecule has 0 rings (SSSR count). The summed E-state index contributed by atoms with van der Waals surface area (Å²) in [5.41, 5.74) is 0. The highest BCUT2D eigenvalue weighted by atomic mass is 16.6. The second kappa shape index (κ2) is 47.3. The Kier molecular flexibility index (Phi) is 45.4. The van der Waals surface area contributed by atoms with Crippen molar-refractivity contribution in [1.29, 1.82) is 0 Å². The third-order valence-corrected chi connectivity index (χ3v) is 10.9. The SMILES string of the molecule is CCCCC/C=C\C=C/CCCCCCCCCCCCC(=O)OCC(COC(=O)CCCCCCCCCCC)OC(=O)CCCCCCC/C=C\CCCCC. The summed E-state index contributed by atoms with van der Waals surface area (Å²) in [5, 5.41) is 0. The smallest absolute Gasteiger partial charge is 0.306 e. The van der Waals surface area contributed by atoms with E-state index in [0.29, 0.717) is 19.3 Å². The maximum atomic E-state index is 12.7. The van der Waals surface area contributed by atoms with Crippen LogP contribution in [0, 0.1) is 0 Å². The molecule has 0 aliphatic carbocycles. The molecule has 6 nitrogen and oxygen atoms in total. The molecule has 0 aromatic carbocycles. The van der Waals surface area contributed by atoms with Crippen molar-refractivity contribution in [3.05, 3.63) is 36.5 Å². The molecule has 0 fully saturated rings. The lowest BCUT2D eigenvalue weighted by Gasteiger charge is -2.18. The molecule has 0 aliphatic rings. The van der Waals surface area contributed by atoms with Gasteiger partial charge in [-0.25, -0.2) is 0 Å². The van der Waals surface area contributed by atoms with Crippen LogP contribution in [0.1, 0.15) is 258 Å². The number of hydrogen-bond acceptors (Lipinski definition) is 6. The van der Waals surface area contributed by atoms with E-state index in [0.717, 1.165) is 70.6 Å². The van der Waals surface area contributed by atoms with Crippen LogP contribution < -0.4 is 0 Å². The van der Waals surface area contributed by atoms with Gasteiger partial charge in [0.15, 0.2) is 6.10 Å². The highest BCUT2D eigenvalue weighted by Gasteiger charge is 2.19. The Morgan fingerprint density at radius 1 is 0.345 bits per heavy atom. The first-order valence-electron chi connectivity index (χ1n) is 25.0. The lowest BCUT2D eigenvalue weighted by atomic mass is 10.1. The van der Waals surface area contributed by atoms with Gasteiger partial charge in [-0.2, -0.15) is 0 Å². The van der Waals surface area contributed by atoms with Crippen molar-refractivity contribution in [2.75, 3.05) is 13.2 Å². The molecule has 0 saturated carbocycles. The molecular formula is C52H94O6. The summed E-state index contributed by atoms with van der Waals surface area (Å²) >= 11 is 0. The Bertz CT molecular complexity index is 984. The van der Waals surface area contributed by atoms with Crippen molar-refractivity contribution < 1.29 is 28.6 Å². The van der Waals surface area contributed by atoms with Crippen molar-refractivity contribution >= 4 is 17.9 Å². The third kappa shape index (κ3) is 44.7. The first-order valence-corrected chi connectivity index (χ1v) is 25.0. The summed E-state index contributed by atoms with van der Waals surface area (Å²) in [6.07, 6.45) is 54.1. The van der Waals surface area contributed by atoms with Crippen molar-refractivity contribution in [1.82, 2.24) is 0 Å². The van der Waals surface area contributed by atoms with E-state index in [1.165, 1.54) is 148 Å². The maximum absolute atomic E-state index is 12.7. The van der Waals surface area contributed by atoms with E-state index in [4.69, 9.17) is 14.2 Å². The molecule has 0 saturated heterocycles. The van der Waals surface area contributed by atoms with Crippen LogP contribution in [0.15, 0.2) is 36.5 Å². The van der Waals surface area contributed by atoms with Crippen LogP contribution in [0.2, 0.25) is 0 Å². The number of hydrogen-bond donors (Lipinski definition) is 0. The van der Waals surface area contributed by atoms with Gasteiger partial charge >= 0.3 is 17.9 Å². The zero-order valence-corrected chi connectivity index (χ0v) is 38.6. The highest BCUT2D eigenvalue weighted by Crippen LogP contribution is 2.15. The van der Waals surface area contributed by atoms with Crippen LogP contribution in [0.25, 0.3) is 0 Å². The molecule has 1 unspecified atom stereocenters. The number of ether oxygens (including phenoxy) is 3. The summed E-state index contributed by atoms with van der Waals surface area (Å²) in [6.45, 7) is 6.57. The minimum atomic E-state index is -0.772. The van der Waals surface area contributed by atoms with Crippen LogP contribution in [0.4, 0.5) is 0 Å². The second-order valence-electron chi connectivity index (χ2n) is 16.8. The van der Waals surface area contributed by atoms with E-state index in [2.05, 4.69) is 57.2 Å². The number of allylic oxidation sites excluding steroid dienone is 6. The van der Waals surface area contributed by atoms with Gasteiger partial charge in [0.2, 0.25) is 0 Å². The van der Waals surface area contributed by atoms with Crippen LogP contribution in [0.5, 0.6) is 0 Å². The lowest BCUT2D eigenvalue weighted by Crippen LogP contribution is -2.30. The predicted octanol–water partition coefficient (Wildman–Crippen LogP) is 16.1. The number of carbonyl (C=O) groups excluding carboxylic acids is 3. The monoisotopic (exact) mass is 815 g/mol. The van der Waals surface area contributed by atoms with E-state index in [-0.39, 0.29) is 31.1 Å². The molecule has 0 radical (unpaired) electrons. The van der Waals surface area contributed by atoms with Crippen molar-refractivity contribution in [3.8, 4) is 0 Å². The number of rotatable bonds is 45. The molecule has 58 heavy (non-hydrogen) atoms. The molecule has 1 atom stereocenters. The molecule has 338 valence electrons. The number of carbonyl (C=O) groups is 3. The number of esters is 3. The summed E-state index contributed by atoms with van der Waals surface area (Å²) in [5.74, 6) is -0.883. The van der Waals surface area contributed by atoms with E-state index in [9.17, 15) is 14.4 Å². The predicted molar refractivity (Wildman–Crippen MR) is 247 cm³/mol. The third-order valence-electron chi connectivity index (χ3n) is 10.9. The van der Waals surface area contributed by atoms with Crippen molar-refractivity contribution in [2.24, 2.45) is 0 Å². The fourth-order valence-electron chi connectivity index (χ4n) is 7.07. The molecule has 6 heteroatoms. The maximum Gasteiger partial charge on any atom is 0.306 e. The van der Waals surface area contributed by atoms with Crippen LogP contribution in [-0.2, 0) is 28.6 Å². The Hall–Kier alpha value is -2.37. The normalized spacial score (nSPS) is 12.3. The fourth-order valence-corrected chi connectivity index (χ4v) is 7.07. The molecular weight excluding hydrogens is 721 g/mol. The summed E-state index contributed by atoms with van der Waals surface area (Å²) < 4.78 is 16.7. The Morgan fingerprint density at radius 3 is 1.00 bits per heavy atom. The van der Waals surface area contributed by atoms with E-state index in [1.54, 1.807) is 0 Å². The Morgan fingerprint density at radius 2 is 0.621 bits per heavy atom. The average molecular weight is 815 g/mol. The van der Waals surface area contributed by atoms with Gasteiger partial charge in [0.25, 0.3) is 0 Å². The van der Waals surface area contributed by atoms with Gasteiger partial charge in [-0.05, 0) is 70.6 Å². The molecule has 0 spiro atoms. The van der Waals surface area contributed by atoms with Gasteiger partial charge in [-0.1, -0.05) is 205 Å². The van der Waals surface area contributed by atoms with Crippen LogP contribution >= 0.6 is 0 Å². The minimum absolute atomic E-state index is 0.0743. The largest absolute Gasteiger partial charge is 0.462 e. The Balaban J connectivity index is 4.28. The average Bonchev–Trinajstić information content (AvgIpc) is 3.22. The van der Waals surface area contributed by atoms with Gasteiger partial charge in [0.05, 0.1) is 0 Å². The van der Waals surface area contributed by atoms with Gasteiger partial charge in [-0.15, -0.1) is 0 Å². The van der Waals surface area contributed by atoms with Crippen molar-refractivity contribution in [3.63, 3.8) is 0 Å². The van der Waals surface area contributed by atoms with Gasteiger partial charge < -0.3 is 14.2 Å². The Labute approximate surface area is 359 Å². The van der Waals surface area contributed by atoms with Gasteiger partial charge in [0, 0.05) is 19.3 Å². The summed E-state index contributed by atoms with van der Waals surface area (Å²) in [4.78, 5) is 37.8. The molecule has 0 heterocycles. The minimum Gasteiger partial charge on any atom is -0.462 e. The number of unbranched alkanes of at least 4 members (excludes halogenated alkanes) is 29. The molecule has 0 N–H and O–H groups in total. The first kappa shape index (κ1) is 55.6. The van der Waals surface area contributed by atoms with E-state index < -0.39 is 6.10 Å². The van der Waals surface area contributed by atoms with E-state index in [1.807, 2.05) is 0 Å². The van der Waals surface area contributed by atoms with E-state index >= 15 is 0 Å². The van der Waals surface area contributed by atoms with Crippen molar-refractivity contribution in [2.45, 2.75) is 264 Å². The first-order chi connectivity index (χ1) is 28.5. The quantitative estimate of drug-likeness (QED) is 0.0200. The summed E-state index contributed by atoms with van der Waals surface area (Å²) in [7, 11) is 0. The van der Waals surface area contributed by atoms with Crippen LogP contribution in [-0.4, -0.2) is 37.2 Å². The summed E-state index contributed by atoms with van der Waals surface area (Å²) in [6, 6.07) is 0. The zero-order chi connectivity index (χ0) is 42.3. The lowest BCUT2D eigenvalue weighted by molar-refractivity contribution is -0.167. The highest BCUT2D eigenvalue weighted by molar-refractivity contribution is 5.71. The second-order valence-corrected chi connectivity index (χ2v) is 16.8. The molecule has 0 aliphatic heterocycles. The van der Waals surface area contributed by atoms with Gasteiger partial charge in [-0.3, -0.25) is 14.4 Å². The molecule has 0 amide bonds.